The Morgan fingerprint density at radius 2 is 2.04 bits per heavy atom. The number of halogens is 4. The number of sulfonamides is 1. The van der Waals surface area contributed by atoms with Crippen LogP contribution in [0.2, 0.25) is 0 Å². The summed E-state index contributed by atoms with van der Waals surface area (Å²) in [6.07, 6.45) is -4.51. The molecule has 1 aromatic rings. The lowest BCUT2D eigenvalue weighted by molar-refractivity contribution is -0.182. The molecule has 1 aromatic heterocycles. The number of alkyl halides is 3. The molecule has 0 amide bonds. The number of thiophene rings is 1. The van der Waals surface area contributed by atoms with Gasteiger partial charge in [-0.1, -0.05) is 0 Å². The average Bonchev–Trinajstić information content (AvgIpc) is 2.96. The lowest BCUT2D eigenvalue weighted by Gasteiger charge is -2.35. The van der Waals surface area contributed by atoms with E-state index in [0.717, 1.165) is 11.3 Å². The van der Waals surface area contributed by atoms with Gasteiger partial charge in [0.05, 0.1) is 7.11 Å². The summed E-state index contributed by atoms with van der Waals surface area (Å²) in [5.41, 5.74) is 0. The van der Waals surface area contributed by atoms with Gasteiger partial charge in [-0.3, -0.25) is 4.90 Å². The molecular formula is C12H19ClF3N3O3S2. The molecule has 2 heterocycles. The van der Waals surface area contributed by atoms with Crippen molar-refractivity contribution in [2.75, 3.05) is 39.8 Å². The second kappa shape index (κ2) is 8.68. The topological polar surface area (TPSA) is 70.7 Å². The second-order valence-corrected chi connectivity index (χ2v) is 7.85. The van der Waals surface area contributed by atoms with Crippen LogP contribution < -0.4 is 14.8 Å². The minimum Gasteiger partial charge on any atom is -0.494 e. The van der Waals surface area contributed by atoms with Crippen LogP contribution in [0, 0.1) is 0 Å². The van der Waals surface area contributed by atoms with Gasteiger partial charge in [0.25, 0.3) is 10.0 Å². The fourth-order valence-corrected chi connectivity index (χ4v) is 4.69. The molecule has 1 fully saturated rings. The minimum atomic E-state index is -4.51. The van der Waals surface area contributed by atoms with Gasteiger partial charge in [0, 0.05) is 32.7 Å². The lowest BCUT2D eigenvalue weighted by Crippen LogP contribution is -2.57. The molecular weight excluding hydrogens is 391 g/mol. The Labute approximate surface area is 148 Å². The van der Waals surface area contributed by atoms with Gasteiger partial charge in [0.15, 0.2) is 4.21 Å². The first-order valence-corrected chi connectivity index (χ1v) is 9.24. The van der Waals surface area contributed by atoms with Crippen molar-refractivity contribution in [3.8, 4) is 5.75 Å². The molecule has 1 saturated heterocycles. The largest absolute Gasteiger partial charge is 0.494 e. The average molecular weight is 410 g/mol. The van der Waals surface area contributed by atoms with Gasteiger partial charge >= 0.3 is 6.18 Å². The van der Waals surface area contributed by atoms with Crippen LogP contribution in [-0.2, 0) is 10.0 Å². The van der Waals surface area contributed by atoms with E-state index in [1.165, 1.54) is 23.5 Å². The first-order chi connectivity index (χ1) is 10.8. The monoisotopic (exact) mass is 409 g/mol. The Kier molecular flexibility index (Phi) is 7.75. The zero-order valence-corrected chi connectivity index (χ0v) is 15.2. The molecule has 0 spiro atoms. The Bertz CT molecular complexity index is 619. The van der Waals surface area contributed by atoms with E-state index in [1.54, 1.807) is 0 Å². The molecule has 1 aliphatic heterocycles. The van der Waals surface area contributed by atoms with Crippen molar-refractivity contribution in [3.63, 3.8) is 0 Å². The summed E-state index contributed by atoms with van der Waals surface area (Å²) in [4.78, 5) is 1.24. The summed E-state index contributed by atoms with van der Waals surface area (Å²) < 4.78 is 71.0. The highest BCUT2D eigenvalue weighted by Gasteiger charge is 2.44. The number of nitrogens with zero attached hydrogens (tertiary/aromatic N) is 1. The standard InChI is InChI=1S/C12H18F3N3O3S2.ClH/c1-21-9-2-7-22-11(9)23(19,20)17-8-10(12(13,14)15)18-5-3-16-4-6-18;/h2,7,10,16-17H,3-6,8H2,1H3;1H. The van der Waals surface area contributed by atoms with Crippen LogP contribution >= 0.6 is 23.7 Å². The van der Waals surface area contributed by atoms with Crippen LogP contribution in [0.4, 0.5) is 13.2 Å². The smallest absolute Gasteiger partial charge is 0.405 e. The van der Waals surface area contributed by atoms with Gasteiger partial charge in [0.2, 0.25) is 0 Å². The predicted octanol–water partition coefficient (Wildman–Crippen LogP) is 1.29. The zero-order valence-electron chi connectivity index (χ0n) is 12.8. The highest BCUT2D eigenvalue weighted by Crippen LogP contribution is 2.30. The summed E-state index contributed by atoms with van der Waals surface area (Å²) >= 11 is 0.895. The van der Waals surface area contributed by atoms with E-state index in [4.69, 9.17) is 4.74 Å². The van der Waals surface area contributed by atoms with Crippen LogP contribution in [0.3, 0.4) is 0 Å². The molecule has 1 unspecified atom stereocenters. The van der Waals surface area contributed by atoms with Gasteiger partial charge < -0.3 is 10.1 Å². The molecule has 2 N–H and O–H groups in total. The van der Waals surface area contributed by atoms with E-state index >= 15 is 0 Å². The van der Waals surface area contributed by atoms with Crippen LogP contribution in [0.1, 0.15) is 0 Å². The van der Waals surface area contributed by atoms with Crippen molar-refractivity contribution in [3.05, 3.63) is 11.4 Å². The van der Waals surface area contributed by atoms with Gasteiger partial charge in [0.1, 0.15) is 11.8 Å². The number of hydrogen-bond donors (Lipinski definition) is 2. The summed E-state index contributed by atoms with van der Waals surface area (Å²) in [5, 5.41) is 4.47. The summed E-state index contributed by atoms with van der Waals surface area (Å²) in [5.74, 6) is 0.119. The molecule has 24 heavy (non-hydrogen) atoms. The quantitative estimate of drug-likeness (QED) is 0.741. The van der Waals surface area contributed by atoms with Crippen LogP contribution in [0.25, 0.3) is 0 Å². The van der Waals surface area contributed by atoms with Crippen LogP contribution in [-0.4, -0.2) is 65.4 Å². The summed E-state index contributed by atoms with van der Waals surface area (Å²) in [6, 6.07) is -0.401. The Balaban J connectivity index is 0.00000288. The van der Waals surface area contributed by atoms with Crippen LogP contribution in [0.15, 0.2) is 15.7 Å². The van der Waals surface area contributed by atoms with E-state index < -0.39 is 28.8 Å². The Hall–Kier alpha value is -0.590. The molecule has 140 valence electrons. The maximum Gasteiger partial charge on any atom is 0.405 e. The normalized spacial score (nSPS) is 18.0. The highest BCUT2D eigenvalue weighted by molar-refractivity contribution is 7.91. The number of rotatable bonds is 6. The first kappa shape index (κ1) is 21.5. The second-order valence-electron chi connectivity index (χ2n) is 4.97. The van der Waals surface area contributed by atoms with Crippen molar-refractivity contribution in [2.45, 2.75) is 16.4 Å². The molecule has 12 heteroatoms. The van der Waals surface area contributed by atoms with Gasteiger partial charge in [-0.05, 0) is 11.4 Å². The number of hydrogen-bond acceptors (Lipinski definition) is 6. The molecule has 6 nitrogen and oxygen atoms in total. The lowest BCUT2D eigenvalue weighted by atomic mass is 10.2. The number of nitrogens with one attached hydrogen (secondary N) is 2. The number of piperazine rings is 1. The zero-order chi connectivity index (χ0) is 17.1. The van der Waals surface area contributed by atoms with E-state index in [-0.39, 0.29) is 35.5 Å². The fraction of sp³-hybridized carbons (Fsp3) is 0.667. The Morgan fingerprint density at radius 3 is 2.58 bits per heavy atom. The molecule has 0 saturated carbocycles. The van der Waals surface area contributed by atoms with Crippen molar-refractivity contribution in [1.29, 1.82) is 0 Å². The van der Waals surface area contributed by atoms with E-state index in [9.17, 15) is 21.6 Å². The van der Waals surface area contributed by atoms with Gasteiger partial charge in [-0.25, -0.2) is 13.1 Å². The van der Waals surface area contributed by atoms with Crippen molar-refractivity contribution < 1.29 is 26.3 Å². The fourth-order valence-electron chi connectivity index (χ4n) is 2.33. The summed E-state index contributed by atoms with van der Waals surface area (Å²) in [6.45, 7) is 0.589. The van der Waals surface area contributed by atoms with Gasteiger partial charge in [-0.2, -0.15) is 13.2 Å². The third-order valence-corrected chi connectivity index (χ3v) is 6.37. The molecule has 0 aliphatic carbocycles. The molecule has 2 rings (SSSR count). The maximum atomic E-state index is 13.2. The van der Waals surface area contributed by atoms with Crippen molar-refractivity contribution in [1.82, 2.24) is 14.9 Å². The van der Waals surface area contributed by atoms with E-state index in [1.807, 2.05) is 0 Å². The summed E-state index contributed by atoms with van der Waals surface area (Å²) in [7, 11) is -2.75. The first-order valence-electron chi connectivity index (χ1n) is 6.88. The van der Waals surface area contributed by atoms with Crippen molar-refractivity contribution in [2.24, 2.45) is 0 Å². The Morgan fingerprint density at radius 1 is 1.42 bits per heavy atom. The molecule has 0 radical (unpaired) electrons. The molecule has 1 atom stereocenters. The SMILES string of the molecule is COc1ccsc1S(=O)(=O)NCC(N1CCNCC1)C(F)(F)F.Cl. The van der Waals surface area contributed by atoms with Crippen LogP contribution in [0.5, 0.6) is 5.75 Å². The third-order valence-electron chi connectivity index (χ3n) is 3.50. The molecule has 0 aromatic carbocycles. The third kappa shape index (κ3) is 5.20. The minimum absolute atomic E-state index is 0. The van der Waals surface area contributed by atoms with E-state index in [0.29, 0.717) is 13.1 Å². The predicted molar refractivity (Wildman–Crippen MR) is 87.6 cm³/mol. The number of methoxy groups -OCH3 is 1. The maximum absolute atomic E-state index is 13.2. The van der Waals surface area contributed by atoms with Crippen molar-refractivity contribution >= 4 is 33.8 Å². The molecule has 0 bridgehead atoms. The molecule has 1 aliphatic rings. The van der Waals surface area contributed by atoms with Gasteiger partial charge in [-0.15, -0.1) is 23.7 Å². The highest BCUT2D eigenvalue weighted by atomic mass is 35.5. The van der Waals surface area contributed by atoms with E-state index in [2.05, 4.69) is 10.0 Å². The number of ether oxygens (including phenoxy) is 1.